The molecule has 0 saturated carbocycles. The highest BCUT2D eigenvalue weighted by molar-refractivity contribution is 5.96. The van der Waals surface area contributed by atoms with E-state index in [0.717, 1.165) is 23.0 Å². The second kappa shape index (κ2) is 7.78. The molecule has 0 heterocycles. The van der Waals surface area contributed by atoms with Crippen molar-refractivity contribution >= 4 is 5.71 Å². The second-order valence-electron chi connectivity index (χ2n) is 7.09. The van der Waals surface area contributed by atoms with Crippen LogP contribution in [-0.4, -0.2) is 30.3 Å². The minimum absolute atomic E-state index is 0.260. The Bertz CT molecular complexity index is 379. The maximum absolute atomic E-state index is 4.62. The van der Waals surface area contributed by atoms with Crippen LogP contribution in [0.1, 0.15) is 61.3 Å². The molecule has 2 nitrogen and oxygen atoms in total. The summed E-state index contributed by atoms with van der Waals surface area (Å²) in [6.07, 6.45) is 8.42. The molecule has 1 atom stereocenters. The van der Waals surface area contributed by atoms with Gasteiger partial charge in [-0.1, -0.05) is 40.7 Å². The van der Waals surface area contributed by atoms with E-state index in [9.17, 15) is 0 Å². The molecule has 0 aromatic heterocycles. The number of hydrogen-bond acceptors (Lipinski definition) is 1. The monoisotopic (exact) mass is 279 g/mol. The van der Waals surface area contributed by atoms with Crippen LogP contribution in [0.2, 0.25) is 0 Å². The summed E-state index contributed by atoms with van der Waals surface area (Å²) in [7, 11) is 4.58. The predicted octanol–water partition coefficient (Wildman–Crippen LogP) is 5.18. The molecule has 0 fully saturated rings. The van der Waals surface area contributed by atoms with Crippen molar-refractivity contribution in [1.82, 2.24) is 0 Å². The van der Waals surface area contributed by atoms with Crippen LogP contribution in [0.3, 0.4) is 0 Å². The lowest BCUT2D eigenvalue weighted by molar-refractivity contribution is -0.879. The Balaban J connectivity index is 5.54. The first kappa shape index (κ1) is 19.1. The van der Waals surface area contributed by atoms with Crippen molar-refractivity contribution in [2.45, 2.75) is 67.3 Å². The summed E-state index contributed by atoms with van der Waals surface area (Å²) in [4.78, 5) is 4.62. The minimum atomic E-state index is 0.260. The highest BCUT2D eigenvalue weighted by Gasteiger charge is 2.38. The fraction of sp³-hybridized carbons (Fsp3) is 0.722. The summed E-state index contributed by atoms with van der Waals surface area (Å²) in [6.45, 7) is 15.7. The van der Waals surface area contributed by atoms with Gasteiger partial charge in [0.15, 0.2) is 0 Å². The molecule has 0 spiro atoms. The summed E-state index contributed by atoms with van der Waals surface area (Å²) in [5, 5.41) is 0. The van der Waals surface area contributed by atoms with Crippen molar-refractivity contribution < 1.29 is 4.48 Å². The third kappa shape index (κ3) is 5.24. The van der Waals surface area contributed by atoms with Gasteiger partial charge in [-0.15, -0.1) is 0 Å². The molecule has 0 aromatic rings. The van der Waals surface area contributed by atoms with E-state index in [0.29, 0.717) is 6.04 Å². The van der Waals surface area contributed by atoms with Gasteiger partial charge in [0.05, 0.1) is 25.8 Å². The predicted molar refractivity (Wildman–Crippen MR) is 91.9 cm³/mol. The quantitative estimate of drug-likeness (QED) is 0.469. The van der Waals surface area contributed by atoms with Crippen LogP contribution < -0.4 is 0 Å². The molecule has 0 aliphatic carbocycles. The first-order valence-electron chi connectivity index (χ1n) is 7.83. The van der Waals surface area contributed by atoms with Crippen LogP contribution in [0.25, 0.3) is 0 Å². The molecule has 0 rings (SSSR count). The zero-order valence-corrected chi connectivity index (χ0v) is 15.1. The van der Waals surface area contributed by atoms with Crippen molar-refractivity contribution in [2.75, 3.05) is 14.1 Å². The van der Waals surface area contributed by atoms with Gasteiger partial charge < -0.3 is 0 Å². The van der Waals surface area contributed by atoms with E-state index < -0.39 is 0 Å². The number of quaternary nitrogens is 1. The summed E-state index contributed by atoms with van der Waals surface area (Å²) in [5.74, 6) is 0. The molecule has 0 aliphatic rings. The average Bonchev–Trinajstić information content (AvgIpc) is 2.33. The van der Waals surface area contributed by atoms with Gasteiger partial charge in [-0.25, -0.2) is 0 Å². The number of nitrogens with zero attached hydrogens (tertiary/aromatic N) is 2. The number of allylic oxidation sites excluding steroid dienone is 3. The molecular formula is C18H35N2+. The molecule has 2 heteroatoms. The van der Waals surface area contributed by atoms with Gasteiger partial charge in [-0.2, -0.15) is 0 Å². The van der Waals surface area contributed by atoms with Gasteiger partial charge in [0.25, 0.3) is 0 Å². The summed E-state index contributed by atoms with van der Waals surface area (Å²) < 4.78 is 0.868. The van der Waals surface area contributed by atoms with E-state index in [1.165, 1.54) is 5.70 Å². The summed E-state index contributed by atoms with van der Waals surface area (Å²) >= 11 is 0. The highest BCUT2D eigenvalue weighted by atomic mass is 15.4. The molecule has 0 saturated heterocycles. The van der Waals surface area contributed by atoms with Crippen LogP contribution in [0.4, 0.5) is 0 Å². The molecule has 116 valence electrons. The van der Waals surface area contributed by atoms with Gasteiger partial charge in [-0.3, -0.25) is 9.48 Å². The van der Waals surface area contributed by atoms with Crippen molar-refractivity contribution in [3.05, 3.63) is 24.0 Å². The fourth-order valence-corrected chi connectivity index (χ4v) is 2.51. The van der Waals surface area contributed by atoms with Gasteiger partial charge in [0.1, 0.15) is 5.70 Å². The maximum atomic E-state index is 4.62. The standard InChI is InChI=1S/C18H35N2/c1-10-12-14-19-15(3)17(13-11-2)20(8,9)16(4)18(5,6)7/h12-14,16H,10-11H2,1-9H3/q+1/b14-12-,17-13-,19-15-. The Kier molecular flexibility index (Phi) is 7.43. The molecule has 0 aliphatic heterocycles. The third-order valence-corrected chi connectivity index (χ3v) is 4.22. The van der Waals surface area contributed by atoms with Gasteiger partial charge in [0.2, 0.25) is 0 Å². The Morgan fingerprint density at radius 2 is 1.70 bits per heavy atom. The lowest BCUT2D eigenvalue weighted by Crippen LogP contribution is -2.53. The zero-order valence-electron chi connectivity index (χ0n) is 15.1. The second-order valence-corrected chi connectivity index (χ2v) is 7.09. The Hall–Kier alpha value is -0.890. The summed E-state index contributed by atoms with van der Waals surface area (Å²) in [6, 6.07) is 0.514. The van der Waals surface area contributed by atoms with E-state index in [1.54, 1.807) is 0 Å². The van der Waals surface area contributed by atoms with Crippen LogP contribution in [0.15, 0.2) is 29.0 Å². The topological polar surface area (TPSA) is 12.4 Å². The largest absolute Gasteiger partial charge is 0.292 e. The SMILES string of the molecule is CC\C=C/N=C(C)\C(=C\CC)[N+](C)(C)C(C)C(C)(C)C. The highest BCUT2D eigenvalue weighted by Crippen LogP contribution is 2.31. The van der Waals surface area contributed by atoms with E-state index in [2.05, 4.69) is 79.7 Å². The normalized spacial score (nSPS) is 16.9. The van der Waals surface area contributed by atoms with Gasteiger partial charge in [-0.05, 0) is 32.8 Å². The molecule has 0 N–H and O–H groups in total. The Labute approximate surface area is 126 Å². The smallest absolute Gasteiger partial charge is 0.150 e. The molecule has 1 unspecified atom stereocenters. The van der Waals surface area contributed by atoms with E-state index in [1.807, 2.05) is 6.20 Å². The van der Waals surface area contributed by atoms with Crippen LogP contribution in [0, 0.1) is 5.41 Å². The first-order chi connectivity index (χ1) is 9.08. The fourth-order valence-electron chi connectivity index (χ4n) is 2.51. The molecular weight excluding hydrogens is 244 g/mol. The van der Waals surface area contributed by atoms with Crippen LogP contribution in [-0.2, 0) is 0 Å². The average molecular weight is 279 g/mol. The molecule has 0 aromatic carbocycles. The van der Waals surface area contributed by atoms with E-state index in [4.69, 9.17) is 0 Å². The maximum Gasteiger partial charge on any atom is 0.150 e. The van der Waals surface area contributed by atoms with Crippen LogP contribution in [0.5, 0.6) is 0 Å². The van der Waals surface area contributed by atoms with Crippen molar-refractivity contribution in [2.24, 2.45) is 10.4 Å². The first-order valence-corrected chi connectivity index (χ1v) is 7.83. The lowest BCUT2D eigenvalue weighted by atomic mass is 9.85. The molecule has 0 radical (unpaired) electrons. The Morgan fingerprint density at radius 3 is 2.10 bits per heavy atom. The summed E-state index contributed by atoms with van der Waals surface area (Å²) in [5.41, 5.74) is 2.71. The molecule has 20 heavy (non-hydrogen) atoms. The number of aliphatic imine (C=N–C) groups is 1. The number of rotatable bonds is 6. The Morgan fingerprint density at radius 1 is 1.15 bits per heavy atom. The third-order valence-electron chi connectivity index (χ3n) is 4.22. The van der Waals surface area contributed by atoms with Crippen molar-refractivity contribution in [3.63, 3.8) is 0 Å². The number of hydrogen-bond donors (Lipinski definition) is 0. The lowest BCUT2D eigenvalue weighted by Gasteiger charge is -2.43. The van der Waals surface area contributed by atoms with Gasteiger partial charge >= 0.3 is 0 Å². The molecule has 0 amide bonds. The van der Waals surface area contributed by atoms with Crippen molar-refractivity contribution in [3.8, 4) is 0 Å². The van der Waals surface area contributed by atoms with E-state index in [-0.39, 0.29) is 5.41 Å². The van der Waals surface area contributed by atoms with E-state index >= 15 is 0 Å². The molecule has 0 bridgehead atoms. The van der Waals surface area contributed by atoms with Gasteiger partial charge in [0, 0.05) is 11.6 Å². The van der Waals surface area contributed by atoms with Crippen LogP contribution >= 0.6 is 0 Å². The minimum Gasteiger partial charge on any atom is -0.292 e. The zero-order chi connectivity index (χ0) is 16.0. The van der Waals surface area contributed by atoms with Crippen molar-refractivity contribution in [1.29, 1.82) is 0 Å².